The Bertz CT molecular complexity index is 805. The number of thiophene rings is 1. The fourth-order valence-corrected chi connectivity index (χ4v) is 3.29. The lowest BCUT2D eigenvalue weighted by atomic mass is 10.2. The van der Waals surface area contributed by atoms with Crippen molar-refractivity contribution in [3.8, 4) is 11.3 Å². The van der Waals surface area contributed by atoms with E-state index in [0.29, 0.717) is 22.9 Å². The summed E-state index contributed by atoms with van der Waals surface area (Å²) in [4.78, 5) is 30.1. The van der Waals surface area contributed by atoms with Crippen molar-refractivity contribution in [3.05, 3.63) is 45.7 Å². The maximum absolute atomic E-state index is 11.9. The molecule has 22 heavy (non-hydrogen) atoms. The van der Waals surface area contributed by atoms with Crippen LogP contribution in [0.5, 0.6) is 0 Å². The number of hydrogen-bond donors (Lipinski definition) is 3. The molecule has 0 aliphatic rings. The first kappa shape index (κ1) is 14.5. The third-order valence-corrected chi connectivity index (χ3v) is 4.43. The van der Waals surface area contributed by atoms with E-state index in [2.05, 4.69) is 15.3 Å². The lowest BCUT2D eigenvalue weighted by Crippen LogP contribution is -2.13. The Morgan fingerprint density at radius 1 is 1.36 bits per heavy atom. The molecule has 0 atom stereocenters. The van der Waals surface area contributed by atoms with Crippen molar-refractivity contribution in [2.75, 3.05) is 5.32 Å². The Balaban J connectivity index is 1.68. The Kier molecular flexibility index (Phi) is 4.03. The molecule has 0 bridgehead atoms. The second-order valence-electron chi connectivity index (χ2n) is 4.56. The molecule has 0 aliphatic heterocycles. The summed E-state index contributed by atoms with van der Waals surface area (Å²) in [6.07, 6.45) is 1.99. The molecule has 6 nitrogen and oxygen atoms in total. The van der Waals surface area contributed by atoms with Gasteiger partial charge in [-0.3, -0.25) is 9.59 Å². The molecule has 3 aromatic rings. The maximum atomic E-state index is 11.9. The minimum atomic E-state index is -0.522. The van der Waals surface area contributed by atoms with E-state index in [-0.39, 0.29) is 5.91 Å². The first-order chi connectivity index (χ1) is 10.6. The lowest BCUT2D eigenvalue weighted by Gasteiger charge is -1.99. The summed E-state index contributed by atoms with van der Waals surface area (Å²) >= 11 is 2.89. The molecule has 0 aromatic carbocycles. The SMILES string of the molecule is NC(=O)c1cc(-c2csc(NC(=O)Cc3ccsc3)n2)c[nH]1. The van der Waals surface area contributed by atoms with E-state index < -0.39 is 5.91 Å². The molecule has 0 saturated carbocycles. The van der Waals surface area contributed by atoms with Crippen LogP contribution in [0.1, 0.15) is 16.1 Å². The zero-order valence-electron chi connectivity index (χ0n) is 11.3. The van der Waals surface area contributed by atoms with Crippen LogP contribution in [0.15, 0.2) is 34.5 Å². The fourth-order valence-electron chi connectivity index (χ4n) is 1.89. The number of nitrogens with two attached hydrogens (primary N) is 1. The van der Waals surface area contributed by atoms with Gasteiger partial charge in [-0.15, -0.1) is 11.3 Å². The van der Waals surface area contributed by atoms with Gasteiger partial charge >= 0.3 is 0 Å². The summed E-state index contributed by atoms with van der Waals surface area (Å²) in [5, 5.41) is 8.99. The Labute approximate surface area is 134 Å². The molecular weight excluding hydrogens is 320 g/mol. The van der Waals surface area contributed by atoms with Gasteiger partial charge in [0.05, 0.1) is 12.1 Å². The highest BCUT2D eigenvalue weighted by molar-refractivity contribution is 7.14. The Morgan fingerprint density at radius 3 is 2.91 bits per heavy atom. The van der Waals surface area contributed by atoms with Crippen LogP contribution >= 0.6 is 22.7 Å². The van der Waals surface area contributed by atoms with E-state index in [1.807, 2.05) is 22.2 Å². The van der Waals surface area contributed by atoms with Crippen LogP contribution in [0.3, 0.4) is 0 Å². The Morgan fingerprint density at radius 2 is 2.23 bits per heavy atom. The molecule has 0 saturated heterocycles. The number of carbonyl (C=O) groups is 2. The molecule has 0 unspecified atom stereocenters. The highest BCUT2D eigenvalue weighted by Gasteiger charge is 2.11. The van der Waals surface area contributed by atoms with E-state index >= 15 is 0 Å². The number of amides is 2. The summed E-state index contributed by atoms with van der Waals surface area (Å²) in [5.74, 6) is -0.628. The molecule has 0 fully saturated rings. The van der Waals surface area contributed by atoms with Gasteiger partial charge in [-0.1, -0.05) is 0 Å². The van der Waals surface area contributed by atoms with Gasteiger partial charge in [-0.05, 0) is 28.5 Å². The van der Waals surface area contributed by atoms with Crippen molar-refractivity contribution in [3.63, 3.8) is 0 Å². The third kappa shape index (κ3) is 3.23. The first-order valence-electron chi connectivity index (χ1n) is 6.37. The van der Waals surface area contributed by atoms with Gasteiger partial charge in [-0.2, -0.15) is 11.3 Å². The van der Waals surface area contributed by atoms with Gasteiger partial charge in [0.2, 0.25) is 5.91 Å². The average Bonchev–Trinajstić information content (AvgIpc) is 3.18. The average molecular weight is 332 g/mol. The molecule has 0 spiro atoms. The highest BCUT2D eigenvalue weighted by atomic mass is 32.1. The highest BCUT2D eigenvalue weighted by Crippen LogP contribution is 2.25. The van der Waals surface area contributed by atoms with E-state index in [9.17, 15) is 9.59 Å². The van der Waals surface area contributed by atoms with Gasteiger partial charge in [0.15, 0.2) is 5.13 Å². The van der Waals surface area contributed by atoms with Crippen LogP contribution in [0, 0.1) is 0 Å². The van der Waals surface area contributed by atoms with Gasteiger partial charge < -0.3 is 16.0 Å². The molecule has 3 rings (SSSR count). The van der Waals surface area contributed by atoms with E-state index in [1.54, 1.807) is 23.6 Å². The number of aromatic nitrogens is 2. The predicted molar refractivity (Wildman–Crippen MR) is 87.1 cm³/mol. The van der Waals surface area contributed by atoms with Gasteiger partial charge in [0.25, 0.3) is 5.91 Å². The second kappa shape index (κ2) is 6.12. The normalized spacial score (nSPS) is 10.5. The molecule has 0 aliphatic carbocycles. The summed E-state index contributed by atoms with van der Waals surface area (Å²) in [7, 11) is 0. The number of rotatable bonds is 5. The van der Waals surface area contributed by atoms with Crippen LogP contribution in [-0.4, -0.2) is 21.8 Å². The number of nitrogens with one attached hydrogen (secondary N) is 2. The summed E-state index contributed by atoms with van der Waals surface area (Å²) < 4.78 is 0. The monoisotopic (exact) mass is 332 g/mol. The number of H-pyrrole nitrogens is 1. The summed E-state index contributed by atoms with van der Waals surface area (Å²) in [6.45, 7) is 0. The van der Waals surface area contributed by atoms with Crippen LogP contribution in [0.4, 0.5) is 5.13 Å². The summed E-state index contributed by atoms with van der Waals surface area (Å²) in [6, 6.07) is 3.55. The number of anilines is 1. The zero-order chi connectivity index (χ0) is 15.5. The summed E-state index contributed by atoms with van der Waals surface area (Å²) in [5.41, 5.74) is 7.94. The van der Waals surface area contributed by atoms with E-state index in [4.69, 9.17) is 5.73 Å². The van der Waals surface area contributed by atoms with Crippen molar-refractivity contribution in [1.29, 1.82) is 0 Å². The van der Waals surface area contributed by atoms with Crippen molar-refractivity contribution >= 4 is 39.6 Å². The molecule has 4 N–H and O–H groups in total. The van der Waals surface area contributed by atoms with E-state index in [0.717, 1.165) is 11.1 Å². The lowest BCUT2D eigenvalue weighted by molar-refractivity contribution is -0.115. The quantitative estimate of drug-likeness (QED) is 0.669. The minimum Gasteiger partial charge on any atom is -0.364 e. The van der Waals surface area contributed by atoms with Gasteiger partial charge in [-0.25, -0.2) is 4.98 Å². The number of carbonyl (C=O) groups excluding carboxylic acids is 2. The topological polar surface area (TPSA) is 101 Å². The number of thiazole rings is 1. The molecule has 3 heterocycles. The van der Waals surface area contributed by atoms with Crippen molar-refractivity contribution in [2.45, 2.75) is 6.42 Å². The predicted octanol–water partition coefficient (Wildman–Crippen LogP) is 2.48. The number of primary amides is 1. The Hall–Kier alpha value is -2.45. The van der Waals surface area contributed by atoms with Crippen LogP contribution in [-0.2, 0) is 11.2 Å². The van der Waals surface area contributed by atoms with Crippen LogP contribution < -0.4 is 11.1 Å². The van der Waals surface area contributed by atoms with Gasteiger partial charge in [0, 0.05) is 17.1 Å². The molecule has 8 heteroatoms. The zero-order valence-corrected chi connectivity index (χ0v) is 13.0. The molecule has 3 aromatic heterocycles. The third-order valence-electron chi connectivity index (χ3n) is 2.94. The molecule has 112 valence electrons. The largest absolute Gasteiger partial charge is 0.364 e. The van der Waals surface area contributed by atoms with Crippen molar-refractivity contribution in [2.24, 2.45) is 5.73 Å². The van der Waals surface area contributed by atoms with Crippen LogP contribution in [0.25, 0.3) is 11.3 Å². The molecule has 0 radical (unpaired) electrons. The minimum absolute atomic E-state index is 0.105. The fraction of sp³-hybridized carbons (Fsp3) is 0.0714. The number of nitrogens with zero attached hydrogens (tertiary/aromatic N) is 1. The molecular formula is C14H12N4O2S2. The number of hydrogen-bond acceptors (Lipinski definition) is 5. The maximum Gasteiger partial charge on any atom is 0.265 e. The number of aromatic amines is 1. The van der Waals surface area contributed by atoms with Gasteiger partial charge in [0.1, 0.15) is 5.69 Å². The van der Waals surface area contributed by atoms with E-state index in [1.165, 1.54) is 11.3 Å². The molecule has 2 amide bonds. The van der Waals surface area contributed by atoms with Crippen LogP contribution in [0.2, 0.25) is 0 Å². The van der Waals surface area contributed by atoms with Crippen molar-refractivity contribution in [1.82, 2.24) is 9.97 Å². The smallest absolute Gasteiger partial charge is 0.265 e. The first-order valence-corrected chi connectivity index (χ1v) is 8.19. The van der Waals surface area contributed by atoms with Crippen molar-refractivity contribution < 1.29 is 9.59 Å². The standard InChI is InChI=1S/C14H12N4O2S2/c15-13(20)10-4-9(5-16-10)11-7-22-14(17-11)18-12(19)3-8-1-2-21-6-8/h1-2,4-7,16H,3H2,(H2,15,20)(H,17,18,19). The second-order valence-corrected chi connectivity index (χ2v) is 6.20.